The molecular formula is C10H17NO2S. The van der Waals surface area contributed by atoms with E-state index < -0.39 is 11.0 Å². The van der Waals surface area contributed by atoms with Crippen LogP contribution >= 0.6 is 0 Å². The van der Waals surface area contributed by atoms with Crippen molar-refractivity contribution in [2.75, 3.05) is 0 Å². The minimum absolute atomic E-state index is 0.00806. The number of ether oxygens (including phenoxy) is 1. The third-order valence-electron chi connectivity index (χ3n) is 1.81. The van der Waals surface area contributed by atoms with E-state index in [2.05, 4.69) is 4.40 Å². The van der Waals surface area contributed by atoms with Crippen LogP contribution in [0.3, 0.4) is 0 Å². The van der Waals surface area contributed by atoms with Gasteiger partial charge in [-0.05, 0) is 39.7 Å². The van der Waals surface area contributed by atoms with E-state index in [9.17, 15) is 4.21 Å². The van der Waals surface area contributed by atoms with Crippen LogP contribution in [0.1, 0.15) is 33.6 Å². The number of hydrogen-bond donors (Lipinski definition) is 0. The van der Waals surface area contributed by atoms with Crippen molar-refractivity contribution >= 4 is 17.2 Å². The molecule has 14 heavy (non-hydrogen) atoms. The second kappa shape index (κ2) is 4.73. The highest BCUT2D eigenvalue weighted by Crippen LogP contribution is 2.13. The minimum atomic E-state index is -1.17. The zero-order valence-corrected chi connectivity index (χ0v) is 9.71. The Hall–Kier alpha value is -0.640. The number of allylic oxidation sites excluding steroid dienone is 1. The van der Waals surface area contributed by atoms with Gasteiger partial charge in [0, 0.05) is 0 Å². The predicted octanol–water partition coefficient (Wildman–Crippen LogP) is 2.21. The van der Waals surface area contributed by atoms with Gasteiger partial charge in [0.2, 0.25) is 0 Å². The van der Waals surface area contributed by atoms with Gasteiger partial charge in [-0.1, -0.05) is 0 Å². The summed E-state index contributed by atoms with van der Waals surface area (Å²) >= 11 is 0. The summed E-state index contributed by atoms with van der Waals surface area (Å²) in [5.41, 5.74) is 0. The standard InChI is InChI=1S/C10H17NO2S/c1-10(2,3)14(12)11-8-9-6-4-5-7-13-9/h5,7-9H,4,6H2,1-3H3/t9-,14?/m0/s1. The highest BCUT2D eigenvalue weighted by molar-refractivity contribution is 7.85. The topological polar surface area (TPSA) is 38.7 Å². The van der Waals surface area contributed by atoms with Crippen molar-refractivity contribution in [2.24, 2.45) is 4.40 Å². The molecule has 0 aromatic heterocycles. The van der Waals surface area contributed by atoms with Gasteiger partial charge in [0.05, 0.1) is 17.2 Å². The van der Waals surface area contributed by atoms with Crippen molar-refractivity contribution in [2.45, 2.75) is 44.5 Å². The third-order valence-corrected chi connectivity index (χ3v) is 3.18. The summed E-state index contributed by atoms with van der Waals surface area (Å²) < 4.78 is 20.5. The molecule has 80 valence electrons. The van der Waals surface area contributed by atoms with E-state index in [1.165, 1.54) is 0 Å². The predicted molar refractivity (Wildman–Crippen MR) is 59.6 cm³/mol. The largest absolute Gasteiger partial charge is 0.493 e. The van der Waals surface area contributed by atoms with Crippen LogP contribution in [-0.2, 0) is 15.7 Å². The lowest BCUT2D eigenvalue weighted by Gasteiger charge is -2.16. The lowest BCUT2D eigenvalue weighted by Crippen LogP contribution is -2.21. The van der Waals surface area contributed by atoms with Gasteiger partial charge in [0.25, 0.3) is 0 Å². The maximum Gasteiger partial charge on any atom is 0.144 e. The quantitative estimate of drug-likeness (QED) is 0.662. The molecule has 1 aliphatic heterocycles. The lowest BCUT2D eigenvalue weighted by atomic mass is 10.2. The fourth-order valence-electron chi connectivity index (χ4n) is 0.944. The van der Waals surface area contributed by atoms with E-state index in [4.69, 9.17) is 4.74 Å². The Morgan fingerprint density at radius 2 is 2.29 bits per heavy atom. The van der Waals surface area contributed by atoms with Crippen LogP contribution in [0.4, 0.5) is 0 Å². The molecule has 1 heterocycles. The Bertz CT molecular complexity index is 266. The normalized spacial score (nSPS) is 24.9. The van der Waals surface area contributed by atoms with Crippen molar-refractivity contribution in [1.29, 1.82) is 0 Å². The highest BCUT2D eigenvalue weighted by Gasteiger charge is 2.19. The van der Waals surface area contributed by atoms with Crippen molar-refractivity contribution < 1.29 is 8.95 Å². The van der Waals surface area contributed by atoms with Gasteiger partial charge in [-0.25, -0.2) is 4.21 Å². The van der Waals surface area contributed by atoms with Crippen LogP contribution in [0.2, 0.25) is 0 Å². The van der Waals surface area contributed by atoms with Gasteiger partial charge < -0.3 is 4.74 Å². The van der Waals surface area contributed by atoms with E-state index in [0.717, 1.165) is 12.8 Å². The van der Waals surface area contributed by atoms with Gasteiger partial charge >= 0.3 is 0 Å². The molecular weight excluding hydrogens is 198 g/mol. The summed E-state index contributed by atoms with van der Waals surface area (Å²) in [7, 11) is -1.17. The Kier molecular flexibility index (Phi) is 3.86. The second-order valence-electron chi connectivity index (χ2n) is 4.24. The van der Waals surface area contributed by atoms with E-state index in [0.29, 0.717) is 0 Å². The van der Waals surface area contributed by atoms with Crippen molar-refractivity contribution in [1.82, 2.24) is 0 Å². The molecule has 0 aromatic carbocycles. The number of rotatable bonds is 2. The molecule has 3 nitrogen and oxygen atoms in total. The average molecular weight is 215 g/mol. The molecule has 2 atom stereocenters. The summed E-state index contributed by atoms with van der Waals surface area (Å²) in [6.45, 7) is 5.71. The molecule has 0 fully saturated rings. The second-order valence-corrected chi connectivity index (χ2v) is 6.17. The van der Waals surface area contributed by atoms with Crippen LogP contribution in [0.5, 0.6) is 0 Å². The summed E-state index contributed by atoms with van der Waals surface area (Å²) in [6, 6.07) is 0. The summed E-state index contributed by atoms with van der Waals surface area (Å²) in [5, 5.41) is 0. The van der Waals surface area contributed by atoms with Gasteiger partial charge in [-0.2, -0.15) is 4.40 Å². The van der Waals surface area contributed by atoms with E-state index >= 15 is 0 Å². The first-order valence-corrected chi connectivity index (χ1v) is 5.87. The summed E-state index contributed by atoms with van der Waals surface area (Å²) in [6.07, 6.45) is 7.22. The smallest absolute Gasteiger partial charge is 0.144 e. The minimum Gasteiger partial charge on any atom is -0.493 e. The molecule has 1 aliphatic rings. The molecule has 0 N–H and O–H groups in total. The van der Waals surface area contributed by atoms with E-state index in [1.54, 1.807) is 12.5 Å². The number of hydrogen-bond acceptors (Lipinski definition) is 2. The molecule has 0 spiro atoms. The zero-order chi connectivity index (χ0) is 10.6. The van der Waals surface area contributed by atoms with Crippen molar-refractivity contribution in [3.05, 3.63) is 12.3 Å². The molecule has 0 amide bonds. The molecule has 0 saturated heterocycles. The Morgan fingerprint density at radius 1 is 1.57 bits per heavy atom. The van der Waals surface area contributed by atoms with Gasteiger partial charge in [-0.3, -0.25) is 0 Å². The maximum absolute atomic E-state index is 11.5. The fourth-order valence-corrected chi connectivity index (χ4v) is 1.51. The van der Waals surface area contributed by atoms with Gasteiger partial charge in [0.1, 0.15) is 17.1 Å². The van der Waals surface area contributed by atoms with Crippen LogP contribution in [0.15, 0.2) is 16.7 Å². The van der Waals surface area contributed by atoms with Crippen molar-refractivity contribution in [3.8, 4) is 0 Å². The monoisotopic (exact) mass is 215 g/mol. The first kappa shape index (κ1) is 11.4. The Morgan fingerprint density at radius 3 is 2.79 bits per heavy atom. The third kappa shape index (κ3) is 3.62. The Labute approximate surface area is 87.8 Å². The summed E-state index contributed by atoms with van der Waals surface area (Å²) in [4.78, 5) is 0. The SMILES string of the molecule is CC(C)(C)S(=O)N=C[C@@H]1CCC=CO1. The van der Waals surface area contributed by atoms with Gasteiger partial charge in [-0.15, -0.1) is 0 Å². The lowest BCUT2D eigenvalue weighted by molar-refractivity contribution is 0.185. The first-order valence-electron chi connectivity index (χ1n) is 4.77. The Balaban J connectivity index is 2.47. The molecule has 0 saturated carbocycles. The molecule has 1 unspecified atom stereocenters. The van der Waals surface area contributed by atoms with Crippen LogP contribution in [0.25, 0.3) is 0 Å². The van der Waals surface area contributed by atoms with Crippen LogP contribution < -0.4 is 0 Å². The molecule has 4 heteroatoms. The molecule has 0 radical (unpaired) electrons. The molecule has 0 bridgehead atoms. The highest BCUT2D eigenvalue weighted by atomic mass is 32.2. The molecule has 0 aromatic rings. The van der Waals surface area contributed by atoms with E-state index in [1.807, 2.05) is 26.8 Å². The van der Waals surface area contributed by atoms with Crippen molar-refractivity contribution in [3.63, 3.8) is 0 Å². The molecule has 0 aliphatic carbocycles. The number of nitrogens with zero attached hydrogens (tertiary/aromatic N) is 1. The maximum atomic E-state index is 11.5. The zero-order valence-electron chi connectivity index (χ0n) is 8.90. The average Bonchev–Trinajstić information content (AvgIpc) is 2.14. The van der Waals surface area contributed by atoms with E-state index in [-0.39, 0.29) is 10.9 Å². The first-order chi connectivity index (χ1) is 6.50. The fraction of sp³-hybridized carbons (Fsp3) is 0.700. The van der Waals surface area contributed by atoms with Crippen LogP contribution in [-0.4, -0.2) is 21.3 Å². The van der Waals surface area contributed by atoms with Crippen LogP contribution in [0, 0.1) is 0 Å². The van der Waals surface area contributed by atoms with Gasteiger partial charge in [0.15, 0.2) is 0 Å². The summed E-state index contributed by atoms with van der Waals surface area (Å²) in [5.74, 6) is 0. The molecule has 1 rings (SSSR count).